The third kappa shape index (κ3) is 2.82. The first kappa shape index (κ1) is 16.3. The monoisotopic (exact) mass is 343 g/mol. The van der Waals surface area contributed by atoms with E-state index in [1.165, 1.54) is 18.0 Å². The Hall–Kier alpha value is -2.54. The Bertz CT molecular complexity index is 892. The van der Waals surface area contributed by atoms with Crippen LogP contribution in [0.3, 0.4) is 0 Å². The zero-order valence-corrected chi connectivity index (χ0v) is 14.5. The van der Waals surface area contributed by atoms with Crippen LogP contribution in [0.15, 0.2) is 41.8 Å². The molecule has 0 amide bonds. The van der Waals surface area contributed by atoms with Gasteiger partial charge in [-0.05, 0) is 19.2 Å². The molecule has 0 saturated carbocycles. The molecule has 2 heterocycles. The summed E-state index contributed by atoms with van der Waals surface area (Å²) in [6, 6.07) is 7.78. The lowest BCUT2D eigenvalue weighted by atomic mass is 10.1. The highest BCUT2D eigenvalue weighted by Crippen LogP contribution is 2.32. The highest BCUT2D eigenvalue weighted by atomic mass is 32.2. The summed E-state index contributed by atoms with van der Waals surface area (Å²) in [5, 5.41) is 1.53. The fourth-order valence-corrected chi connectivity index (χ4v) is 2.86. The number of thioether (sulfide) groups is 1. The van der Waals surface area contributed by atoms with Crippen LogP contribution in [-0.2, 0) is 4.74 Å². The van der Waals surface area contributed by atoms with Crippen molar-refractivity contribution in [2.75, 3.05) is 20.0 Å². The summed E-state index contributed by atoms with van der Waals surface area (Å²) in [6.07, 6.45) is 5.23. The van der Waals surface area contributed by atoms with Gasteiger partial charge in [-0.3, -0.25) is 0 Å². The van der Waals surface area contributed by atoms with Crippen molar-refractivity contribution in [3.63, 3.8) is 0 Å². The minimum absolute atomic E-state index is 0.294. The van der Waals surface area contributed by atoms with Gasteiger partial charge in [0.15, 0.2) is 5.16 Å². The van der Waals surface area contributed by atoms with Crippen LogP contribution in [0.1, 0.15) is 17.3 Å². The second-order valence-corrected chi connectivity index (χ2v) is 5.68. The van der Waals surface area contributed by atoms with E-state index in [0.717, 1.165) is 16.5 Å². The van der Waals surface area contributed by atoms with Gasteiger partial charge < -0.3 is 9.57 Å². The van der Waals surface area contributed by atoms with Crippen LogP contribution < -0.4 is 4.84 Å². The van der Waals surface area contributed by atoms with E-state index in [1.54, 1.807) is 18.8 Å². The predicted molar refractivity (Wildman–Crippen MR) is 93.2 cm³/mol. The zero-order chi connectivity index (χ0) is 17.1. The van der Waals surface area contributed by atoms with Crippen molar-refractivity contribution in [2.24, 2.45) is 0 Å². The zero-order valence-electron chi connectivity index (χ0n) is 13.6. The summed E-state index contributed by atoms with van der Waals surface area (Å²) in [5.41, 5.74) is 2.58. The highest BCUT2D eigenvalue weighted by Gasteiger charge is 2.21. The molecule has 0 atom stereocenters. The van der Waals surface area contributed by atoms with Crippen molar-refractivity contribution in [2.45, 2.75) is 12.1 Å². The molecule has 0 radical (unpaired) electrons. The Labute approximate surface area is 143 Å². The lowest BCUT2D eigenvalue weighted by Gasteiger charge is -2.08. The first-order chi connectivity index (χ1) is 11.7. The van der Waals surface area contributed by atoms with Crippen LogP contribution in [0.25, 0.3) is 22.2 Å². The first-order valence-corrected chi connectivity index (χ1v) is 8.65. The summed E-state index contributed by atoms with van der Waals surface area (Å²) >= 11 is 1.42. The summed E-state index contributed by atoms with van der Waals surface area (Å²) < 4.78 is 6.80. The number of rotatable bonds is 5. The Morgan fingerprint density at radius 1 is 1.33 bits per heavy atom. The number of esters is 1. The van der Waals surface area contributed by atoms with E-state index >= 15 is 0 Å². The fraction of sp³-hybridized carbons (Fsp3) is 0.235. The van der Waals surface area contributed by atoms with Gasteiger partial charge in [-0.15, -0.1) is 0 Å². The predicted octanol–water partition coefficient (Wildman–Crippen LogP) is 3.06. The summed E-state index contributed by atoms with van der Waals surface area (Å²) in [5.74, 6) is -0.436. The maximum Gasteiger partial charge on any atom is 0.341 e. The lowest BCUT2D eigenvalue weighted by Crippen LogP contribution is -2.09. The molecule has 0 aliphatic carbocycles. The molecule has 6 nitrogen and oxygen atoms in total. The molecule has 0 aliphatic rings. The first-order valence-electron chi connectivity index (χ1n) is 7.42. The van der Waals surface area contributed by atoms with E-state index < -0.39 is 5.97 Å². The molecule has 2 aromatic heterocycles. The van der Waals surface area contributed by atoms with E-state index in [0.29, 0.717) is 23.0 Å². The van der Waals surface area contributed by atoms with E-state index in [-0.39, 0.29) is 0 Å². The Kier molecular flexibility index (Phi) is 4.71. The van der Waals surface area contributed by atoms with Gasteiger partial charge in [0.2, 0.25) is 0 Å². The van der Waals surface area contributed by atoms with E-state index in [2.05, 4.69) is 9.97 Å². The number of hydrogen-bond donors (Lipinski definition) is 0. The molecule has 0 fully saturated rings. The number of fused-ring (bicyclic) bond motifs is 1. The molecule has 3 rings (SSSR count). The molecule has 0 bridgehead atoms. The quantitative estimate of drug-likeness (QED) is 0.403. The Morgan fingerprint density at radius 2 is 2.12 bits per heavy atom. The second kappa shape index (κ2) is 6.92. The average molecular weight is 343 g/mol. The number of nitrogens with zero attached hydrogens (tertiary/aromatic N) is 3. The normalized spacial score (nSPS) is 10.8. The number of hydrogen-bond acceptors (Lipinski definition) is 6. The number of aromatic nitrogens is 3. The topological polar surface area (TPSA) is 66.2 Å². The molecule has 1 aromatic carbocycles. The molecule has 7 heteroatoms. The van der Waals surface area contributed by atoms with Crippen LogP contribution in [0, 0.1) is 0 Å². The van der Waals surface area contributed by atoms with Crippen LogP contribution in [0.2, 0.25) is 0 Å². The van der Waals surface area contributed by atoms with Crippen LogP contribution in [-0.4, -0.2) is 40.6 Å². The Balaban J connectivity index is 2.26. The lowest BCUT2D eigenvalue weighted by molar-refractivity contribution is 0.0526. The SMILES string of the molecule is CCOC(=O)c1cnc(SC)nc1-c1cn(OC)c2ccccc12. The second-order valence-electron chi connectivity index (χ2n) is 4.91. The molecule has 0 N–H and O–H groups in total. The number of carbonyl (C=O) groups excluding carboxylic acids is 1. The number of carbonyl (C=O) groups is 1. The van der Waals surface area contributed by atoms with E-state index in [9.17, 15) is 4.79 Å². The molecule has 24 heavy (non-hydrogen) atoms. The average Bonchev–Trinajstić information content (AvgIpc) is 3.00. The molecule has 0 aliphatic heterocycles. The molecule has 0 saturated heterocycles. The Morgan fingerprint density at radius 3 is 2.83 bits per heavy atom. The standard InChI is InChI=1S/C17H17N3O3S/c1-4-23-16(21)12-9-18-17(24-3)19-15(12)13-10-20(22-2)14-8-6-5-7-11(13)14/h5-10H,4H2,1-3H3. The highest BCUT2D eigenvalue weighted by molar-refractivity contribution is 7.98. The van der Waals surface area contributed by atoms with Gasteiger partial charge in [0, 0.05) is 17.1 Å². The minimum atomic E-state index is -0.436. The number of para-hydroxylation sites is 1. The van der Waals surface area contributed by atoms with Gasteiger partial charge >= 0.3 is 5.97 Å². The third-order valence-corrected chi connectivity index (χ3v) is 4.14. The minimum Gasteiger partial charge on any atom is -0.462 e. The maximum absolute atomic E-state index is 12.3. The van der Waals surface area contributed by atoms with Crippen molar-refractivity contribution in [3.8, 4) is 11.3 Å². The van der Waals surface area contributed by atoms with Crippen molar-refractivity contribution in [1.82, 2.24) is 14.7 Å². The third-order valence-electron chi connectivity index (χ3n) is 3.57. The molecule has 3 aromatic rings. The molecule has 0 spiro atoms. The molecular formula is C17H17N3O3S. The molecule has 0 unspecified atom stereocenters. The van der Waals surface area contributed by atoms with Gasteiger partial charge in [0.1, 0.15) is 12.7 Å². The van der Waals surface area contributed by atoms with Gasteiger partial charge in [0.05, 0.1) is 24.0 Å². The maximum atomic E-state index is 12.3. The van der Waals surface area contributed by atoms with Crippen molar-refractivity contribution >= 4 is 28.6 Å². The molecular weight excluding hydrogens is 326 g/mol. The van der Waals surface area contributed by atoms with Gasteiger partial charge in [-0.2, -0.15) is 4.73 Å². The summed E-state index contributed by atoms with van der Waals surface area (Å²) in [7, 11) is 1.59. The van der Waals surface area contributed by atoms with Crippen molar-refractivity contribution in [1.29, 1.82) is 0 Å². The summed E-state index contributed by atoms with van der Waals surface area (Å²) in [6.45, 7) is 2.06. The number of ether oxygens (including phenoxy) is 1. The smallest absolute Gasteiger partial charge is 0.341 e. The van der Waals surface area contributed by atoms with Crippen LogP contribution >= 0.6 is 11.8 Å². The van der Waals surface area contributed by atoms with Crippen molar-refractivity contribution in [3.05, 3.63) is 42.2 Å². The number of benzene rings is 1. The fourth-order valence-electron chi connectivity index (χ4n) is 2.52. The van der Waals surface area contributed by atoms with E-state index in [1.807, 2.05) is 36.7 Å². The van der Waals surface area contributed by atoms with Gasteiger partial charge in [-0.25, -0.2) is 14.8 Å². The largest absolute Gasteiger partial charge is 0.462 e. The van der Waals surface area contributed by atoms with Gasteiger partial charge in [-0.1, -0.05) is 30.0 Å². The van der Waals surface area contributed by atoms with E-state index in [4.69, 9.17) is 9.57 Å². The van der Waals surface area contributed by atoms with Gasteiger partial charge in [0.25, 0.3) is 0 Å². The van der Waals surface area contributed by atoms with Crippen LogP contribution in [0.5, 0.6) is 0 Å². The van der Waals surface area contributed by atoms with Crippen LogP contribution in [0.4, 0.5) is 0 Å². The van der Waals surface area contributed by atoms with Crippen molar-refractivity contribution < 1.29 is 14.4 Å². The molecule has 124 valence electrons. The summed E-state index contributed by atoms with van der Waals surface area (Å²) in [4.78, 5) is 26.4.